The first-order valence-corrected chi connectivity index (χ1v) is 6.11. The molecular weight excluding hydrogens is 246 g/mol. The largest absolute Gasteiger partial charge is 0.507 e. The van der Waals surface area contributed by atoms with Gasteiger partial charge in [0.05, 0.1) is 6.04 Å². The van der Waals surface area contributed by atoms with Gasteiger partial charge < -0.3 is 5.11 Å². The lowest BCUT2D eigenvalue weighted by molar-refractivity contribution is 0.474. The summed E-state index contributed by atoms with van der Waals surface area (Å²) in [7, 11) is 0. The predicted molar refractivity (Wildman–Crippen MR) is 75.6 cm³/mol. The van der Waals surface area contributed by atoms with Crippen LogP contribution in [0.2, 0.25) is 5.02 Å². The van der Waals surface area contributed by atoms with Crippen molar-refractivity contribution in [3.8, 4) is 5.75 Å². The van der Waals surface area contributed by atoms with Crippen LogP contribution in [-0.2, 0) is 0 Å². The summed E-state index contributed by atoms with van der Waals surface area (Å²) in [5.74, 6) is 0.236. The molecule has 0 radical (unpaired) electrons. The number of rotatable bonds is 3. The molecule has 2 nitrogen and oxygen atoms in total. The smallest absolute Gasteiger partial charge is 0.124 e. The SMILES string of the molecule is C[C@@H](N=Cc1ccccc1O)c1cccc(Cl)c1. The number of phenolic OH excluding ortho intramolecular Hbond substituents is 1. The third-order valence-electron chi connectivity index (χ3n) is 2.71. The van der Waals surface area contributed by atoms with Crippen molar-refractivity contribution in [2.24, 2.45) is 4.99 Å². The van der Waals surface area contributed by atoms with E-state index in [-0.39, 0.29) is 11.8 Å². The number of benzene rings is 2. The van der Waals surface area contributed by atoms with Crippen molar-refractivity contribution in [3.05, 3.63) is 64.7 Å². The molecule has 0 saturated carbocycles. The van der Waals surface area contributed by atoms with Crippen LogP contribution in [0.1, 0.15) is 24.1 Å². The fourth-order valence-corrected chi connectivity index (χ4v) is 1.84. The second-order valence-corrected chi connectivity index (χ2v) is 4.50. The maximum Gasteiger partial charge on any atom is 0.124 e. The Morgan fingerprint density at radius 2 is 1.94 bits per heavy atom. The molecule has 0 aliphatic heterocycles. The minimum atomic E-state index is 0.00306. The monoisotopic (exact) mass is 259 g/mol. The van der Waals surface area contributed by atoms with Crippen LogP contribution in [0.25, 0.3) is 0 Å². The lowest BCUT2D eigenvalue weighted by Crippen LogP contribution is -1.91. The van der Waals surface area contributed by atoms with Crippen molar-refractivity contribution in [3.63, 3.8) is 0 Å². The lowest BCUT2D eigenvalue weighted by atomic mass is 10.1. The molecule has 0 amide bonds. The first kappa shape index (κ1) is 12.7. The van der Waals surface area contributed by atoms with E-state index in [1.807, 2.05) is 43.3 Å². The quantitative estimate of drug-likeness (QED) is 0.822. The van der Waals surface area contributed by atoms with Gasteiger partial charge in [0.2, 0.25) is 0 Å². The molecule has 92 valence electrons. The maximum absolute atomic E-state index is 9.63. The summed E-state index contributed by atoms with van der Waals surface area (Å²) >= 11 is 5.94. The van der Waals surface area contributed by atoms with Gasteiger partial charge in [-0.15, -0.1) is 0 Å². The molecule has 0 unspecified atom stereocenters. The summed E-state index contributed by atoms with van der Waals surface area (Å²) in [6.45, 7) is 1.99. The van der Waals surface area contributed by atoms with Gasteiger partial charge in [-0.2, -0.15) is 0 Å². The number of hydrogen-bond donors (Lipinski definition) is 1. The summed E-state index contributed by atoms with van der Waals surface area (Å²) in [5, 5.41) is 10.3. The van der Waals surface area contributed by atoms with E-state index in [1.54, 1.807) is 18.3 Å². The van der Waals surface area contributed by atoms with E-state index in [4.69, 9.17) is 11.6 Å². The molecule has 18 heavy (non-hydrogen) atoms. The summed E-state index contributed by atoms with van der Waals surface area (Å²) in [6.07, 6.45) is 1.68. The molecule has 0 aliphatic rings. The summed E-state index contributed by atoms with van der Waals surface area (Å²) in [6, 6.07) is 14.7. The van der Waals surface area contributed by atoms with E-state index in [1.165, 1.54) is 0 Å². The van der Waals surface area contributed by atoms with Crippen LogP contribution < -0.4 is 0 Å². The van der Waals surface area contributed by atoms with Crippen LogP contribution in [0, 0.1) is 0 Å². The van der Waals surface area contributed by atoms with E-state index in [2.05, 4.69) is 4.99 Å². The average molecular weight is 260 g/mol. The van der Waals surface area contributed by atoms with Crippen LogP contribution in [-0.4, -0.2) is 11.3 Å². The molecule has 2 aromatic carbocycles. The Bertz CT molecular complexity index is 566. The molecule has 2 rings (SSSR count). The number of phenols is 1. The Morgan fingerprint density at radius 3 is 2.67 bits per heavy atom. The normalized spacial score (nSPS) is 12.8. The molecule has 2 aromatic rings. The highest BCUT2D eigenvalue weighted by Gasteiger charge is 2.03. The Balaban J connectivity index is 2.17. The topological polar surface area (TPSA) is 32.6 Å². The van der Waals surface area contributed by atoms with Crippen LogP contribution in [0.15, 0.2) is 53.5 Å². The second-order valence-electron chi connectivity index (χ2n) is 4.07. The number of para-hydroxylation sites is 1. The molecule has 0 heterocycles. The maximum atomic E-state index is 9.63. The molecule has 3 heteroatoms. The number of hydrogen-bond acceptors (Lipinski definition) is 2. The van der Waals surface area contributed by atoms with Gasteiger partial charge >= 0.3 is 0 Å². The number of halogens is 1. The van der Waals surface area contributed by atoms with Crippen molar-refractivity contribution in [1.29, 1.82) is 0 Å². The van der Waals surface area contributed by atoms with Crippen molar-refractivity contribution < 1.29 is 5.11 Å². The van der Waals surface area contributed by atoms with Crippen LogP contribution in [0.5, 0.6) is 5.75 Å². The van der Waals surface area contributed by atoms with Gasteiger partial charge in [-0.1, -0.05) is 35.9 Å². The zero-order chi connectivity index (χ0) is 13.0. The Hall–Kier alpha value is -1.80. The van der Waals surface area contributed by atoms with E-state index in [0.29, 0.717) is 10.6 Å². The zero-order valence-corrected chi connectivity index (χ0v) is 10.8. The Kier molecular flexibility index (Phi) is 4.00. The number of nitrogens with zero attached hydrogens (tertiary/aromatic N) is 1. The van der Waals surface area contributed by atoms with Crippen molar-refractivity contribution in [1.82, 2.24) is 0 Å². The summed E-state index contributed by atoms with van der Waals surface area (Å²) in [4.78, 5) is 4.42. The van der Waals surface area contributed by atoms with E-state index >= 15 is 0 Å². The lowest BCUT2D eigenvalue weighted by Gasteiger charge is -2.07. The van der Waals surface area contributed by atoms with Gasteiger partial charge in [0.1, 0.15) is 5.75 Å². The van der Waals surface area contributed by atoms with E-state index in [9.17, 15) is 5.11 Å². The van der Waals surface area contributed by atoms with Crippen molar-refractivity contribution in [2.45, 2.75) is 13.0 Å². The second kappa shape index (κ2) is 5.69. The third kappa shape index (κ3) is 3.11. The number of aromatic hydroxyl groups is 1. The van der Waals surface area contributed by atoms with Gasteiger partial charge in [0, 0.05) is 16.8 Å². The van der Waals surface area contributed by atoms with Crippen molar-refractivity contribution >= 4 is 17.8 Å². The molecule has 0 aliphatic carbocycles. The molecule has 0 fully saturated rings. The molecule has 1 N–H and O–H groups in total. The van der Waals surface area contributed by atoms with Gasteiger partial charge in [-0.25, -0.2) is 0 Å². The minimum Gasteiger partial charge on any atom is -0.507 e. The predicted octanol–water partition coefficient (Wildman–Crippen LogP) is 4.23. The van der Waals surface area contributed by atoms with E-state index in [0.717, 1.165) is 5.56 Å². The fraction of sp³-hybridized carbons (Fsp3) is 0.133. The summed E-state index contributed by atoms with van der Waals surface area (Å²) in [5.41, 5.74) is 1.76. The molecule has 0 aromatic heterocycles. The standard InChI is InChI=1S/C15H14ClNO/c1-11(12-6-4-7-14(16)9-12)17-10-13-5-2-3-8-15(13)18/h2-11,18H,1H3/t11-/m1/s1. The minimum absolute atomic E-state index is 0.00306. The number of aliphatic imine (C=N–C) groups is 1. The van der Waals surface area contributed by atoms with Gasteiger partial charge in [0.25, 0.3) is 0 Å². The summed E-state index contributed by atoms with van der Waals surface area (Å²) < 4.78 is 0. The van der Waals surface area contributed by atoms with Gasteiger partial charge in [0.15, 0.2) is 0 Å². The Morgan fingerprint density at radius 1 is 1.17 bits per heavy atom. The zero-order valence-electron chi connectivity index (χ0n) is 10.0. The average Bonchev–Trinajstić information content (AvgIpc) is 2.37. The van der Waals surface area contributed by atoms with Gasteiger partial charge in [-0.3, -0.25) is 4.99 Å². The Labute approximate surface area is 112 Å². The van der Waals surface area contributed by atoms with Crippen LogP contribution in [0.3, 0.4) is 0 Å². The first-order valence-electron chi connectivity index (χ1n) is 5.73. The molecule has 0 saturated heterocycles. The highest BCUT2D eigenvalue weighted by atomic mass is 35.5. The van der Waals surface area contributed by atoms with Crippen molar-refractivity contribution in [2.75, 3.05) is 0 Å². The fourth-order valence-electron chi connectivity index (χ4n) is 1.64. The molecular formula is C15H14ClNO. The third-order valence-corrected chi connectivity index (χ3v) is 2.94. The van der Waals surface area contributed by atoms with Gasteiger partial charge in [-0.05, 0) is 36.8 Å². The molecule has 1 atom stereocenters. The molecule has 0 spiro atoms. The van der Waals surface area contributed by atoms with Crippen LogP contribution in [0.4, 0.5) is 0 Å². The van der Waals surface area contributed by atoms with E-state index < -0.39 is 0 Å². The van der Waals surface area contributed by atoms with Crippen LogP contribution >= 0.6 is 11.6 Å². The molecule has 0 bridgehead atoms. The first-order chi connectivity index (χ1) is 8.66. The highest BCUT2D eigenvalue weighted by Crippen LogP contribution is 2.21. The highest BCUT2D eigenvalue weighted by molar-refractivity contribution is 6.30.